The maximum Gasteiger partial charge on any atom is 0.0697 e. The summed E-state index contributed by atoms with van der Waals surface area (Å²) in [7, 11) is 0. The molecule has 0 aromatic rings. The quantitative estimate of drug-likeness (QED) is 0.530. The lowest BCUT2D eigenvalue weighted by Gasteiger charge is -2.20. The summed E-state index contributed by atoms with van der Waals surface area (Å²) in [5.41, 5.74) is 7.68. The van der Waals surface area contributed by atoms with Gasteiger partial charge in [0.25, 0.3) is 0 Å². The van der Waals surface area contributed by atoms with Crippen molar-refractivity contribution < 1.29 is 0 Å². The highest BCUT2D eigenvalue weighted by molar-refractivity contribution is 5.43. The molecule has 0 amide bonds. The minimum atomic E-state index is 0.326. The van der Waals surface area contributed by atoms with Crippen LogP contribution >= 0.6 is 0 Å². The van der Waals surface area contributed by atoms with Crippen molar-refractivity contribution >= 4 is 0 Å². The first kappa shape index (κ1) is 6.28. The first-order valence-electron chi connectivity index (χ1n) is 3.64. The fraction of sp³-hybridized carbons (Fsp3) is 0.111. The summed E-state index contributed by atoms with van der Waals surface area (Å²) in [6, 6.07) is 0.326. The van der Waals surface area contributed by atoms with Crippen molar-refractivity contribution in [3.63, 3.8) is 0 Å². The van der Waals surface area contributed by atoms with E-state index in [0.29, 0.717) is 6.04 Å². The van der Waals surface area contributed by atoms with E-state index in [4.69, 9.17) is 5.73 Å². The van der Waals surface area contributed by atoms with Crippen LogP contribution in [0.15, 0.2) is 47.9 Å². The molecule has 0 saturated carbocycles. The number of rotatable bonds is 0. The molecule has 2 heteroatoms. The van der Waals surface area contributed by atoms with Crippen LogP contribution in [0.4, 0.5) is 0 Å². The summed E-state index contributed by atoms with van der Waals surface area (Å²) in [6.07, 6.45) is 12.0. The van der Waals surface area contributed by atoms with Crippen molar-refractivity contribution in [1.29, 1.82) is 0 Å². The maximum absolute atomic E-state index is 5.62. The van der Waals surface area contributed by atoms with E-state index in [0.717, 1.165) is 5.70 Å². The van der Waals surface area contributed by atoms with Gasteiger partial charge in [-0.25, -0.2) is 0 Å². The van der Waals surface area contributed by atoms with E-state index < -0.39 is 0 Å². The number of fused-ring (bicyclic) bond motifs is 1. The van der Waals surface area contributed by atoms with Gasteiger partial charge in [-0.1, -0.05) is 12.2 Å². The number of dihydropyridines is 1. The molecule has 11 heavy (non-hydrogen) atoms. The summed E-state index contributed by atoms with van der Waals surface area (Å²) in [5.74, 6) is 0. The molecule has 0 spiro atoms. The summed E-state index contributed by atoms with van der Waals surface area (Å²) in [6.45, 7) is 0. The van der Waals surface area contributed by atoms with Gasteiger partial charge in [0, 0.05) is 5.70 Å². The van der Waals surface area contributed by atoms with Gasteiger partial charge in [0.1, 0.15) is 0 Å². The Balaban J connectivity index is 2.35. The average molecular weight is 146 g/mol. The zero-order valence-electron chi connectivity index (χ0n) is 6.12. The fourth-order valence-electron chi connectivity index (χ4n) is 1.27. The lowest BCUT2D eigenvalue weighted by molar-refractivity contribution is 0.790. The van der Waals surface area contributed by atoms with Crippen LogP contribution in [-0.4, -0.2) is 6.04 Å². The predicted molar refractivity (Wildman–Crippen MR) is 45.6 cm³/mol. The zero-order chi connectivity index (χ0) is 7.68. The standard InChI is InChI=1S/C9H10N2/c10-8-3-4-9-7(6-8)2-1-5-11-9/h1-6,9,11H,10H2. The van der Waals surface area contributed by atoms with Gasteiger partial charge < -0.3 is 11.1 Å². The van der Waals surface area contributed by atoms with Gasteiger partial charge in [-0.2, -0.15) is 0 Å². The number of hydrogen-bond donors (Lipinski definition) is 2. The number of nitrogens with one attached hydrogen (secondary N) is 1. The van der Waals surface area contributed by atoms with Crippen LogP contribution in [0.2, 0.25) is 0 Å². The minimum absolute atomic E-state index is 0.326. The van der Waals surface area contributed by atoms with E-state index in [2.05, 4.69) is 17.5 Å². The summed E-state index contributed by atoms with van der Waals surface area (Å²) in [4.78, 5) is 0. The van der Waals surface area contributed by atoms with E-state index in [-0.39, 0.29) is 0 Å². The van der Waals surface area contributed by atoms with E-state index in [1.54, 1.807) is 0 Å². The van der Waals surface area contributed by atoms with Crippen LogP contribution in [0.3, 0.4) is 0 Å². The largest absolute Gasteiger partial charge is 0.399 e. The second-order valence-corrected chi connectivity index (χ2v) is 2.67. The van der Waals surface area contributed by atoms with Gasteiger partial charge in [-0.3, -0.25) is 0 Å². The third-order valence-electron chi connectivity index (χ3n) is 1.83. The van der Waals surface area contributed by atoms with Crippen LogP contribution in [0.25, 0.3) is 0 Å². The normalized spacial score (nSPS) is 26.7. The lowest BCUT2D eigenvalue weighted by atomic mass is 9.99. The van der Waals surface area contributed by atoms with Crippen molar-refractivity contribution in [1.82, 2.24) is 5.32 Å². The molecular weight excluding hydrogens is 136 g/mol. The molecule has 2 aliphatic rings. The second-order valence-electron chi connectivity index (χ2n) is 2.67. The van der Waals surface area contributed by atoms with Gasteiger partial charge in [0.15, 0.2) is 0 Å². The molecule has 56 valence electrons. The first-order chi connectivity index (χ1) is 5.36. The van der Waals surface area contributed by atoms with Crippen LogP contribution in [0.5, 0.6) is 0 Å². The van der Waals surface area contributed by atoms with Crippen LogP contribution in [0, 0.1) is 0 Å². The summed E-state index contributed by atoms with van der Waals surface area (Å²) >= 11 is 0. The Bertz CT molecular complexity index is 282. The molecule has 0 saturated heterocycles. The van der Waals surface area contributed by atoms with E-state index in [9.17, 15) is 0 Å². The summed E-state index contributed by atoms with van der Waals surface area (Å²) in [5, 5.41) is 3.21. The predicted octanol–water partition coefficient (Wildman–Crippen LogP) is 0.811. The monoisotopic (exact) mass is 146 g/mol. The Morgan fingerprint density at radius 2 is 2.36 bits per heavy atom. The number of nitrogens with two attached hydrogens (primary N) is 1. The van der Waals surface area contributed by atoms with Crippen molar-refractivity contribution in [3.8, 4) is 0 Å². The van der Waals surface area contributed by atoms with Crippen molar-refractivity contribution in [3.05, 3.63) is 47.9 Å². The molecule has 1 aliphatic carbocycles. The number of allylic oxidation sites excluding steroid dienone is 3. The molecule has 0 fully saturated rings. The zero-order valence-corrected chi connectivity index (χ0v) is 6.12. The van der Waals surface area contributed by atoms with E-state index in [1.807, 2.05) is 24.4 Å². The molecule has 1 atom stereocenters. The molecule has 2 nitrogen and oxygen atoms in total. The Kier molecular flexibility index (Phi) is 1.32. The number of hydrogen-bond acceptors (Lipinski definition) is 2. The highest BCUT2D eigenvalue weighted by atomic mass is 14.9. The van der Waals surface area contributed by atoms with Crippen molar-refractivity contribution in [2.45, 2.75) is 6.04 Å². The van der Waals surface area contributed by atoms with Gasteiger partial charge in [-0.05, 0) is 30.0 Å². The van der Waals surface area contributed by atoms with Crippen LogP contribution < -0.4 is 11.1 Å². The summed E-state index contributed by atoms with van der Waals surface area (Å²) < 4.78 is 0. The third-order valence-corrected chi connectivity index (χ3v) is 1.83. The molecule has 1 aliphatic heterocycles. The van der Waals surface area contributed by atoms with Crippen LogP contribution in [-0.2, 0) is 0 Å². The Morgan fingerprint density at radius 3 is 3.27 bits per heavy atom. The third kappa shape index (κ3) is 1.07. The van der Waals surface area contributed by atoms with Crippen molar-refractivity contribution in [2.75, 3.05) is 0 Å². The Hall–Kier alpha value is -1.44. The molecule has 3 N–H and O–H groups in total. The molecule has 0 aromatic carbocycles. The molecule has 1 heterocycles. The Labute approximate surface area is 65.8 Å². The SMILES string of the molecule is NC1=CC2=CC=CNC2C=C1. The van der Waals surface area contributed by atoms with Crippen LogP contribution in [0.1, 0.15) is 0 Å². The molecule has 0 aromatic heterocycles. The average Bonchev–Trinajstić information content (AvgIpc) is 2.04. The molecule has 2 rings (SSSR count). The molecule has 0 radical (unpaired) electrons. The maximum atomic E-state index is 5.62. The topological polar surface area (TPSA) is 38.0 Å². The minimum Gasteiger partial charge on any atom is -0.399 e. The molecular formula is C9H10N2. The van der Waals surface area contributed by atoms with E-state index >= 15 is 0 Å². The molecule has 0 bridgehead atoms. The first-order valence-corrected chi connectivity index (χ1v) is 3.64. The van der Waals surface area contributed by atoms with Gasteiger partial charge in [0.2, 0.25) is 0 Å². The Morgan fingerprint density at radius 1 is 1.45 bits per heavy atom. The van der Waals surface area contributed by atoms with Gasteiger partial charge in [-0.15, -0.1) is 0 Å². The fourth-order valence-corrected chi connectivity index (χ4v) is 1.27. The highest BCUT2D eigenvalue weighted by Crippen LogP contribution is 2.16. The lowest BCUT2D eigenvalue weighted by Crippen LogP contribution is -2.27. The highest BCUT2D eigenvalue weighted by Gasteiger charge is 2.12. The second kappa shape index (κ2) is 2.31. The van der Waals surface area contributed by atoms with Gasteiger partial charge in [0.05, 0.1) is 6.04 Å². The smallest absolute Gasteiger partial charge is 0.0697 e. The van der Waals surface area contributed by atoms with Gasteiger partial charge >= 0.3 is 0 Å². The van der Waals surface area contributed by atoms with E-state index in [1.165, 1.54) is 5.57 Å². The van der Waals surface area contributed by atoms with Crippen molar-refractivity contribution in [2.24, 2.45) is 5.73 Å². The molecule has 1 unspecified atom stereocenters.